The molecule has 1 atom stereocenters. The van der Waals surface area contributed by atoms with Gasteiger partial charge in [-0.3, -0.25) is 9.78 Å². The van der Waals surface area contributed by atoms with Crippen LogP contribution >= 0.6 is 0 Å². The molecule has 0 saturated carbocycles. The summed E-state index contributed by atoms with van der Waals surface area (Å²) in [6.45, 7) is 1.76. The molecule has 4 rings (SSSR count). The van der Waals surface area contributed by atoms with Crippen molar-refractivity contribution in [2.75, 3.05) is 0 Å². The maximum Gasteiger partial charge on any atom is 0.202 e. The summed E-state index contributed by atoms with van der Waals surface area (Å²) in [6, 6.07) is 24.5. The number of aromatic nitrogens is 2. The van der Waals surface area contributed by atoms with Crippen molar-refractivity contribution < 1.29 is 9.53 Å². The van der Waals surface area contributed by atoms with Crippen LogP contribution in [0.15, 0.2) is 85.1 Å². The normalized spacial score (nSPS) is 11.9. The van der Waals surface area contributed by atoms with E-state index in [1.165, 1.54) is 0 Å². The summed E-state index contributed by atoms with van der Waals surface area (Å²) in [5.74, 6) is 0.601. The molecular weight excluding hydrogens is 336 g/mol. The molecule has 0 aliphatic heterocycles. The first kappa shape index (κ1) is 16.9. The van der Waals surface area contributed by atoms with Gasteiger partial charge in [-0.15, -0.1) is 0 Å². The second-order valence-electron chi connectivity index (χ2n) is 6.26. The second kappa shape index (κ2) is 7.38. The van der Waals surface area contributed by atoms with Crippen molar-refractivity contribution in [3.05, 3.63) is 90.6 Å². The van der Waals surface area contributed by atoms with Crippen molar-refractivity contribution in [3.8, 4) is 17.0 Å². The molecule has 0 N–H and O–H groups in total. The Kier molecular flexibility index (Phi) is 4.62. The van der Waals surface area contributed by atoms with Crippen LogP contribution in [0.25, 0.3) is 22.3 Å². The lowest BCUT2D eigenvalue weighted by molar-refractivity contribution is 0.0818. The molecular formula is C23H18N2O2. The van der Waals surface area contributed by atoms with Gasteiger partial charge in [0.25, 0.3) is 0 Å². The molecule has 1 heterocycles. The van der Waals surface area contributed by atoms with E-state index in [0.717, 1.165) is 22.3 Å². The SMILES string of the molecule is C[C@@H](Oc1ccc(-c2cnc3ccccc3n2)cc1)C(=O)c1ccccc1. The number of Topliss-reactive ketones (excluding diaryl/α,β-unsaturated/α-hetero) is 1. The third-order valence-electron chi connectivity index (χ3n) is 4.34. The van der Waals surface area contributed by atoms with E-state index < -0.39 is 6.10 Å². The van der Waals surface area contributed by atoms with E-state index in [1.54, 1.807) is 25.3 Å². The maximum absolute atomic E-state index is 12.4. The zero-order valence-corrected chi connectivity index (χ0v) is 14.9. The van der Waals surface area contributed by atoms with E-state index in [4.69, 9.17) is 4.74 Å². The molecule has 0 unspecified atom stereocenters. The monoisotopic (exact) mass is 354 g/mol. The summed E-state index contributed by atoms with van der Waals surface area (Å²) in [4.78, 5) is 21.5. The summed E-state index contributed by atoms with van der Waals surface area (Å²) < 4.78 is 5.81. The highest BCUT2D eigenvalue weighted by Crippen LogP contribution is 2.23. The van der Waals surface area contributed by atoms with Crippen LogP contribution in [0.4, 0.5) is 0 Å². The molecule has 0 radical (unpaired) electrons. The minimum absolute atomic E-state index is 0.0416. The lowest BCUT2D eigenvalue weighted by atomic mass is 10.1. The van der Waals surface area contributed by atoms with Crippen LogP contribution in [0.1, 0.15) is 17.3 Å². The first-order chi connectivity index (χ1) is 13.2. The standard InChI is InChI=1S/C23H18N2O2/c1-16(23(26)18-7-3-2-4-8-18)27-19-13-11-17(12-14-19)22-15-24-20-9-5-6-10-21(20)25-22/h2-16H,1H3/t16-/m1/s1. The summed E-state index contributed by atoms with van der Waals surface area (Å²) in [6.07, 6.45) is 1.21. The van der Waals surface area contributed by atoms with Crippen LogP contribution < -0.4 is 4.74 Å². The zero-order chi connectivity index (χ0) is 18.6. The Bertz CT molecular complexity index is 1080. The smallest absolute Gasteiger partial charge is 0.202 e. The van der Waals surface area contributed by atoms with Gasteiger partial charge in [0, 0.05) is 11.1 Å². The Morgan fingerprint density at radius 1 is 0.852 bits per heavy atom. The summed E-state index contributed by atoms with van der Waals surface area (Å²) in [7, 11) is 0. The molecule has 1 aromatic heterocycles. The predicted octanol–water partition coefficient (Wildman–Crippen LogP) is 4.95. The van der Waals surface area contributed by atoms with Crippen molar-refractivity contribution in [1.82, 2.24) is 9.97 Å². The van der Waals surface area contributed by atoms with Gasteiger partial charge in [0.05, 0.1) is 22.9 Å². The van der Waals surface area contributed by atoms with Gasteiger partial charge in [-0.05, 0) is 43.3 Å². The first-order valence-corrected chi connectivity index (χ1v) is 8.79. The molecule has 0 spiro atoms. The molecule has 0 aliphatic rings. The molecule has 3 aromatic carbocycles. The van der Waals surface area contributed by atoms with Crippen molar-refractivity contribution in [2.24, 2.45) is 0 Å². The fraction of sp³-hybridized carbons (Fsp3) is 0.0870. The lowest BCUT2D eigenvalue weighted by Crippen LogP contribution is -2.23. The van der Waals surface area contributed by atoms with Gasteiger partial charge in [0.1, 0.15) is 5.75 Å². The topological polar surface area (TPSA) is 52.1 Å². The van der Waals surface area contributed by atoms with Gasteiger partial charge >= 0.3 is 0 Å². The van der Waals surface area contributed by atoms with Gasteiger partial charge in [0.2, 0.25) is 5.78 Å². The molecule has 4 aromatic rings. The number of nitrogens with zero attached hydrogens (tertiary/aromatic N) is 2. The van der Waals surface area contributed by atoms with Crippen LogP contribution in [-0.2, 0) is 0 Å². The van der Waals surface area contributed by atoms with E-state index in [9.17, 15) is 4.79 Å². The molecule has 4 heteroatoms. The van der Waals surface area contributed by atoms with Crippen LogP contribution in [0.3, 0.4) is 0 Å². The zero-order valence-electron chi connectivity index (χ0n) is 14.9. The molecule has 4 nitrogen and oxygen atoms in total. The van der Waals surface area contributed by atoms with Crippen molar-refractivity contribution in [2.45, 2.75) is 13.0 Å². The highest BCUT2D eigenvalue weighted by Gasteiger charge is 2.16. The van der Waals surface area contributed by atoms with Crippen LogP contribution in [0, 0.1) is 0 Å². The Morgan fingerprint density at radius 2 is 1.52 bits per heavy atom. The largest absolute Gasteiger partial charge is 0.483 e. The Morgan fingerprint density at radius 3 is 2.26 bits per heavy atom. The number of benzene rings is 3. The van der Waals surface area contributed by atoms with Crippen LogP contribution in [-0.4, -0.2) is 21.9 Å². The van der Waals surface area contributed by atoms with E-state index >= 15 is 0 Å². The average Bonchev–Trinajstić information content (AvgIpc) is 2.74. The van der Waals surface area contributed by atoms with Gasteiger partial charge < -0.3 is 4.74 Å². The first-order valence-electron chi connectivity index (χ1n) is 8.79. The number of hydrogen-bond acceptors (Lipinski definition) is 4. The van der Waals surface area contributed by atoms with Gasteiger partial charge in [-0.25, -0.2) is 4.98 Å². The Balaban J connectivity index is 1.50. The van der Waals surface area contributed by atoms with Gasteiger partial charge in [0.15, 0.2) is 6.10 Å². The molecule has 0 bridgehead atoms. The number of hydrogen-bond donors (Lipinski definition) is 0. The fourth-order valence-corrected chi connectivity index (χ4v) is 2.90. The molecule has 132 valence electrons. The van der Waals surface area contributed by atoms with E-state index in [0.29, 0.717) is 11.3 Å². The fourth-order valence-electron chi connectivity index (χ4n) is 2.90. The minimum Gasteiger partial charge on any atom is -0.483 e. The molecule has 0 fully saturated rings. The van der Waals surface area contributed by atoms with Crippen LogP contribution in [0.5, 0.6) is 5.75 Å². The quantitative estimate of drug-likeness (QED) is 0.476. The predicted molar refractivity (Wildman–Crippen MR) is 106 cm³/mol. The molecule has 0 aliphatic carbocycles. The molecule has 0 saturated heterocycles. The summed E-state index contributed by atoms with van der Waals surface area (Å²) in [5, 5.41) is 0. The van der Waals surface area contributed by atoms with Crippen molar-refractivity contribution in [1.29, 1.82) is 0 Å². The number of rotatable bonds is 5. The van der Waals surface area contributed by atoms with Crippen molar-refractivity contribution >= 4 is 16.8 Å². The number of fused-ring (bicyclic) bond motifs is 1. The average molecular weight is 354 g/mol. The van der Waals surface area contributed by atoms with Crippen molar-refractivity contribution in [3.63, 3.8) is 0 Å². The summed E-state index contributed by atoms with van der Waals surface area (Å²) in [5.41, 5.74) is 4.12. The number of carbonyl (C=O) groups is 1. The highest BCUT2D eigenvalue weighted by atomic mass is 16.5. The van der Waals surface area contributed by atoms with E-state index in [2.05, 4.69) is 9.97 Å². The maximum atomic E-state index is 12.4. The number of carbonyl (C=O) groups excluding carboxylic acids is 1. The van der Waals surface area contributed by atoms with Gasteiger partial charge in [-0.2, -0.15) is 0 Å². The summed E-state index contributed by atoms with van der Waals surface area (Å²) >= 11 is 0. The van der Waals surface area contributed by atoms with Gasteiger partial charge in [-0.1, -0.05) is 42.5 Å². The number of para-hydroxylation sites is 2. The number of ether oxygens (including phenoxy) is 1. The van der Waals surface area contributed by atoms with E-state index in [1.807, 2.05) is 66.7 Å². The molecule has 0 amide bonds. The van der Waals surface area contributed by atoms with E-state index in [-0.39, 0.29) is 5.78 Å². The Hall–Kier alpha value is -3.53. The minimum atomic E-state index is -0.557. The number of ketones is 1. The second-order valence-corrected chi connectivity index (χ2v) is 6.26. The van der Waals surface area contributed by atoms with Crippen LogP contribution in [0.2, 0.25) is 0 Å². The Labute approximate surface area is 157 Å². The third kappa shape index (κ3) is 3.70. The molecule has 27 heavy (non-hydrogen) atoms. The highest BCUT2D eigenvalue weighted by molar-refractivity contribution is 5.99. The lowest BCUT2D eigenvalue weighted by Gasteiger charge is -2.14. The third-order valence-corrected chi connectivity index (χ3v) is 4.34.